The number of halogens is 1. The second-order valence-electron chi connectivity index (χ2n) is 7.24. The fourth-order valence-corrected chi connectivity index (χ4v) is 5.21. The lowest BCUT2D eigenvalue weighted by atomic mass is 10.0. The number of thiophene rings is 1. The third-order valence-corrected chi connectivity index (χ3v) is 7.32. The molecule has 0 aliphatic heterocycles. The number of benzene rings is 1. The number of nitrogens with one attached hydrogen (secondary N) is 1. The van der Waals surface area contributed by atoms with Gasteiger partial charge >= 0.3 is 0 Å². The molecule has 2 heterocycles. The molecular formula is C21H23FN4O3S2. The van der Waals surface area contributed by atoms with E-state index in [1.165, 1.54) is 53.2 Å². The highest BCUT2D eigenvalue weighted by atomic mass is 32.2. The van der Waals surface area contributed by atoms with E-state index in [9.17, 15) is 18.8 Å². The first kappa shape index (κ1) is 23.0. The minimum absolute atomic E-state index is 0.196. The van der Waals surface area contributed by atoms with Gasteiger partial charge in [-0.1, -0.05) is 12.1 Å². The standard InChI is InChI=1S/C21H23FN4O3S2/c1-10-11(2)31-20-16(10)19(28)24-15(25-20)9-30-12(3)21(29)26(4)17(18(23)27)13-6-5-7-14(22)8-13/h5-8,12,17H,9H2,1-4H3,(H2,23,27)(H,24,25,28). The van der Waals surface area contributed by atoms with E-state index in [0.29, 0.717) is 27.4 Å². The molecule has 0 aliphatic rings. The number of likely N-dealkylation sites (N-methyl/N-ethyl adjacent to an activating group) is 1. The monoisotopic (exact) mass is 462 g/mol. The van der Waals surface area contributed by atoms with Crippen molar-refractivity contribution < 1.29 is 14.0 Å². The van der Waals surface area contributed by atoms with Crippen LogP contribution in [0.1, 0.15) is 34.8 Å². The van der Waals surface area contributed by atoms with Crippen molar-refractivity contribution in [1.82, 2.24) is 14.9 Å². The van der Waals surface area contributed by atoms with Gasteiger partial charge in [-0.2, -0.15) is 0 Å². The summed E-state index contributed by atoms with van der Waals surface area (Å²) < 4.78 is 13.6. The first-order valence-electron chi connectivity index (χ1n) is 9.52. The number of thioether (sulfide) groups is 1. The van der Waals surface area contributed by atoms with Crippen LogP contribution in [0.25, 0.3) is 10.2 Å². The summed E-state index contributed by atoms with van der Waals surface area (Å²) in [6, 6.07) is 4.37. The van der Waals surface area contributed by atoms with Gasteiger partial charge in [-0.05, 0) is 44.0 Å². The highest BCUT2D eigenvalue weighted by Gasteiger charge is 2.30. The molecular weight excluding hydrogens is 439 g/mol. The maximum atomic E-state index is 13.6. The average Bonchev–Trinajstić information content (AvgIpc) is 2.99. The number of hydrogen-bond donors (Lipinski definition) is 2. The van der Waals surface area contributed by atoms with Crippen molar-refractivity contribution in [3.05, 3.63) is 62.3 Å². The molecule has 0 spiro atoms. The summed E-state index contributed by atoms with van der Waals surface area (Å²) in [4.78, 5) is 47.6. The number of nitrogens with zero attached hydrogens (tertiary/aromatic N) is 2. The molecule has 0 fully saturated rings. The Morgan fingerprint density at radius 3 is 2.71 bits per heavy atom. The van der Waals surface area contributed by atoms with E-state index in [1.807, 2.05) is 13.8 Å². The zero-order valence-electron chi connectivity index (χ0n) is 17.6. The third-order valence-electron chi connectivity index (χ3n) is 5.07. The Labute approximate surface area is 186 Å². The summed E-state index contributed by atoms with van der Waals surface area (Å²) in [5, 5.41) is 0.0488. The molecule has 3 rings (SSSR count). The Hall–Kier alpha value is -2.72. The van der Waals surface area contributed by atoms with Crippen molar-refractivity contribution in [2.45, 2.75) is 37.8 Å². The molecule has 0 saturated carbocycles. The van der Waals surface area contributed by atoms with E-state index in [1.54, 1.807) is 13.0 Å². The smallest absolute Gasteiger partial charge is 0.259 e. The molecule has 1 aromatic carbocycles. The van der Waals surface area contributed by atoms with Gasteiger partial charge in [0.25, 0.3) is 5.56 Å². The molecule has 0 saturated heterocycles. The van der Waals surface area contributed by atoms with Crippen LogP contribution >= 0.6 is 23.1 Å². The molecule has 3 N–H and O–H groups in total. The normalized spacial score (nSPS) is 13.2. The van der Waals surface area contributed by atoms with E-state index in [2.05, 4.69) is 9.97 Å². The third kappa shape index (κ3) is 4.80. The first-order chi connectivity index (χ1) is 14.6. The summed E-state index contributed by atoms with van der Waals surface area (Å²) in [6.07, 6.45) is 0. The van der Waals surface area contributed by atoms with Crippen LogP contribution in [0.4, 0.5) is 4.39 Å². The quantitative estimate of drug-likeness (QED) is 0.561. The van der Waals surface area contributed by atoms with E-state index < -0.39 is 23.0 Å². The zero-order chi connectivity index (χ0) is 22.9. The van der Waals surface area contributed by atoms with Crippen molar-refractivity contribution in [3.8, 4) is 0 Å². The summed E-state index contributed by atoms with van der Waals surface area (Å²) in [7, 11) is 1.46. The van der Waals surface area contributed by atoms with Crippen LogP contribution in [0.5, 0.6) is 0 Å². The number of fused-ring (bicyclic) bond motifs is 1. The number of nitrogens with two attached hydrogens (primary N) is 1. The average molecular weight is 463 g/mol. The fraction of sp³-hybridized carbons (Fsp3) is 0.333. The van der Waals surface area contributed by atoms with E-state index in [-0.39, 0.29) is 11.5 Å². The van der Waals surface area contributed by atoms with Gasteiger partial charge < -0.3 is 15.6 Å². The van der Waals surface area contributed by atoms with Gasteiger partial charge in [-0.3, -0.25) is 14.4 Å². The van der Waals surface area contributed by atoms with Gasteiger partial charge in [-0.15, -0.1) is 23.1 Å². The van der Waals surface area contributed by atoms with Crippen molar-refractivity contribution in [2.75, 3.05) is 7.05 Å². The van der Waals surface area contributed by atoms with Crippen LogP contribution < -0.4 is 11.3 Å². The predicted octanol–water partition coefficient (Wildman–Crippen LogP) is 3.05. The fourth-order valence-electron chi connectivity index (χ4n) is 3.31. The number of aromatic nitrogens is 2. The molecule has 2 aromatic heterocycles. The Morgan fingerprint density at radius 2 is 2.06 bits per heavy atom. The van der Waals surface area contributed by atoms with Crippen LogP contribution in [-0.4, -0.2) is 39.0 Å². The van der Waals surface area contributed by atoms with Gasteiger partial charge in [0.1, 0.15) is 22.5 Å². The van der Waals surface area contributed by atoms with Gasteiger partial charge in [0.15, 0.2) is 0 Å². The first-order valence-corrected chi connectivity index (χ1v) is 11.4. The Bertz CT molecular complexity index is 1210. The summed E-state index contributed by atoms with van der Waals surface area (Å²) >= 11 is 2.74. The number of carbonyl (C=O) groups is 2. The molecule has 31 heavy (non-hydrogen) atoms. The number of aromatic amines is 1. The minimum Gasteiger partial charge on any atom is -0.368 e. The second kappa shape index (κ2) is 9.19. The Kier molecular flexibility index (Phi) is 6.80. The van der Waals surface area contributed by atoms with Crippen LogP contribution in [0, 0.1) is 19.7 Å². The van der Waals surface area contributed by atoms with Crippen LogP contribution in [-0.2, 0) is 15.3 Å². The number of aryl methyl sites for hydroxylation is 2. The number of H-pyrrole nitrogens is 1. The van der Waals surface area contributed by atoms with Crippen molar-refractivity contribution in [3.63, 3.8) is 0 Å². The maximum Gasteiger partial charge on any atom is 0.259 e. The number of rotatable bonds is 7. The van der Waals surface area contributed by atoms with E-state index in [0.717, 1.165) is 10.4 Å². The molecule has 0 aliphatic carbocycles. The molecule has 2 atom stereocenters. The summed E-state index contributed by atoms with van der Waals surface area (Å²) in [5.74, 6) is -0.828. The number of primary amides is 1. The maximum absolute atomic E-state index is 13.6. The van der Waals surface area contributed by atoms with Crippen LogP contribution in [0.2, 0.25) is 0 Å². The minimum atomic E-state index is -1.09. The van der Waals surface area contributed by atoms with Crippen molar-refractivity contribution in [2.24, 2.45) is 5.73 Å². The van der Waals surface area contributed by atoms with E-state index >= 15 is 0 Å². The van der Waals surface area contributed by atoms with Gasteiger partial charge in [0.2, 0.25) is 11.8 Å². The molecule has 0 bridgehead atoms. The number of carbonyl (C=O) groups excluding carboxylic acids is 2. The molecule has 3 aromatic rings. The highest BCUT2D eigenvalue weighted by Crippen LogP contribution is 2.27. The largest absolute Gasteiger partial charge is 0.368 e. The van der Waals surface area contributed by atoms with Gasteiger partial charge in [0.05, 0.1) is 16.4 Å². The lowest BCUT2D eigenvalue weighted by Crippen LogP contribution is -2.42. The molecule has 2 amide bonds. The second-order valence-corrected chi connectivity index (χ2v) is 9.77. The zero-order valence-corrected chi connectivity index (χ0v) is 19.2. The number of amides is 2. The molecule has 164 valence electrons. The van der Waals surface area contributed by atoms with Gasteiger partial charge in [-0.25, -0.2) is 9.37 Å². The van der Waals surface area contributed by atoms with Crippen molar-refractivity contribution >= 4 is 45.1 Å². The van der Waals surface area contributed by atoms with Crippen LogP contribution in [0.15, 0.2) is 29.1 Å². The molecule has 0 radical (unpaired) electrons. The highest BCUT2D eigenvalue weighted by molar-refractivity contribution is 7.99. The summed E-state index contributed by atoms with van der Waals surface area (Å²) in [5.41, 5.74) is 6.53. The lowest BCUT2D eigenvalue weighted by molar-refractivity contribution is -0.137. The van der Waals surface area contributed by atoms with Crippen LogP contribution in [0.3, 0.4) is 0 Å². The molecule has 2 unspecified atom stereocenters. The lowest BCUT2D eigenvalue weighted by Gasteiger charge is -2.28. The molecule has 10 heteroatoms. The predicted molar refractivity (Wildman–Crippen MR) is 122 cm³/mol. The molecule has 7 nitrogen and oxygen atoms in total. The Morgan fingerprint density at radius 1 is 1.35 bits per heavy atom. The van der Waals surface area contributed by atoms with E-state index in [4.69, 9.17) is 5.73 Å². The topological polar surface area (TPSA) is 109 Å². The summed E-state index contributed by atoms with van der Waals surface area (Å²) in [6.45, 7) is 5.53. The van der Waals surface area contributed by atoms with Crippen molar-refractivity contribution in [1.29, 1.82) is 0 Å². The SMILES string of the molecule is Cc1sc2nc(CSC(C)C(=O)N(C)C(C(N)=O)c3cccc(F)c3)[nH]c(=O)c2c1C. The van der Waals surface area contributed by atoms with Gasteiger partial charge in [0, 0.05) is 11.9 Å². The Balaban J connectivity index is 1.74. The number of hydrogen-bond acceptors (Lipinski definition) is 6.